The van der Waals surface area contributed by atoms with Crippen LogP contribution in [0.25, 0.3) is 0 Å². The number of carboxylic acid groups (broad SMARTS) is 1. The molecule has 76 valence electrons. The molecule has 3 heteroatoms. The van der Waals surface area contributed by atoms with Crippen molar-refractivity contribution in [2.24, 2.45) is 5.73 Å². The lowest BCUT2D eigenvalue weighted by Gasteiger charge is -2.12. The molecule has 1 aromatic carbocycles. The van der Waals surface area contributed by atoms with Crippen molar-refractivity contribution in [3.63, 3.8) is 0 Å². The zero-order valence-corrected chi connectivity index (χ0v) is 8.45. The maximum absolute atomic E-state index is 10.7. The number of benzene rings is 1. The number of carboxylic acids is 1. The first-order valence-electron chi connectivity index (χ1n) is 4.65. The second-order valence-electron chi connectivity index (χ2n) is 3.39. The van der Waals surface area contributed by atoms with Gasteiger partial charge in [0.25, 0.3) is 0 Å². The lowest BCUT2D eigenvalue weighted by Crippen LogP contribution is -2.11. The Morgan fingerprint density at radius 3 is 2.64 bits per heavy atom. The van der Waals surface area contributed by atoms with Gasteiger partial charge in [0.05, 0.1) is 5.56 Å². The number of hydrogen-bond donors (Lipinski definition) is 2. The van der Waals surface area contributed by atoms with Gasteiger partial charge in [-0.25, -0.2) is 4.79 Å². The predicted molar refractivity (Wildman–Crippen MR) is 55.4 cm³/mol. The van der Waals surface area contributed by atoms with Crippen LogP contribution in [0.4, 0.5) is 0 Å². The van der Waals surface area contributed by atoms with Crippen molar-refractivity contribution in [3.8, 4) is 0 Å². The minimum atomic E-state index is -0.898. The van der Waals surface area contributed by atoms with Crippen LogP contribution in [0.15, 0.2) is 18.2 Å². The molecule has 0 aliphatic heterocycles. The normalized spacial score (nSPS) is 12.5. The van der Waals surface area contributed by atoms with Gasteiger partial charge >= 0.3 is 5.97 Å². The number of hydrogen-bond acceptors (Lipinski definition) is 2. The van der Waals surface area contributed by atoms with Crippen molar-refractivity contribution >= 4 is 5.97 Å². The predicted octanol–water partition coefficient (Wildman–Crippen LogP) is 2.10. The van der Waals surface area contributed by atoms with E-state index in [-0.39, 0.29) is 6.04 Å². The highest BCUT2D eigenvalue weighted by Gasteiger charge is 2.09. The summed E-state index contributed by atoms with van der Waals surface area (Å²) in [6, 6.07) is 5.05. The van der Waals surface area contributed by atoms with Crippen molar-refractivity contribution in [2.45, 2.75) is 26.3 Å². The Morgan fingerprint density at radius 1 is 1.57 bits per heavy atom. The van der Waals surface area contributed by atoms with Gasteiger partial charge in [-0.15, -0.1) is 0 Å². The fourth-order valence-electron chi connectivity index (χ4n) is 1.44. The minimum absolute atomic E-state index is 0.00200. The van der Waals surface area contributed by atoms with Gasteiger partial charge in [-0.1, -0.05) is 13.0 Å². The third kappa shape index (κ3) is 2.12. The van der Waals surface area contributed by atoms with E-state index in [0.29, 0.717) is 5.56 Å². The molecule has 0 heterocycles. The molecule has 0 amide bonds. The van der Waals surface area contributed by atoms with Gasteiger partial charge in [0.1, 0.15) is 0 Å². The van der Waals surface area contributed by atoms with Crippen LogP contribution in [0.3, 0.4) is 0 Å². The van der Waals surface area contributed by atoms with E-state index in [1.165, 1.54) is 0 Å². The second-order valence-corrected chi connectivity index (χ2v) is 3.39. The summed E-state index contributed by atoms with van der Waals surface area (Å²) in [5.41, 5.74) is 8.16. The summed E-state index contributed by atoms with van der Waals surface area (Å²) in [7, 11) is 0. The average molecular weight is 193 g/mol. The Balaban J connectivity index is 3.07. The van der Waals surface area contributed by atoms with Crippen LogP contribution in [0.5, 0.6) is 0 Å². The Bertz CT molecular complexity index is 347. The van der Waals surface area contributed by atoms with E-state index in [1.54, 1.807) is 18.2 Å². The second kappa shape index (κ2) is 4.24. The average Bonchev–Trinajstić information content (AvgIpc) is 2.16. The Labute approximate surface area is 83.6 Å². The van der Waals surface area contributed by atoms with Gasteiger partial charge in [0.15, 0.2) is 0 Å². The molecule has 0 spiro atoms. The highest BCUT2D eigenvalue weighted by atomic mass is 16.4. The summed E-state index contributed by atoms with van der Waals surface area (Å²) >= 11 is 0. The van der Waals surface area contributed by atoms with Gasteiger partial charge in [0.2, 0.25) is 0 Å². The van der Waals surface area contributed by atoms with E-state index in [9.17, 15) is 4.79 Å². The quantitative estimate of drug-likeness (QED) is 0.772. The number of nitrogens with two attached hydrogens (primary N) is 1. The van der Waals surface area contributed by atoms with Gasteiger partial charge in [0, 0.05) is 6.04 Å². The topological polar surface area (TPSA) is 63.3 Å². The molecule has 0 bridgehead atoms. The Morgan fingerprint density at radius 2 is 2.21 bits per heavy atom. The van der Waals surface area contributed by atoms with Gasteiger partial charge in [-0.05, 0) is 36.6 Å². The maximum Gasteiger partial charge on any atom is 0.335 e. The van der Waals surface area contributed by atoms with Crippen LogP contribution in [-0.4, -0.2) is 11.1 Å². The first-order chi connectivity index (χ1) is 6.56. The molecule has 0 aromatic heterocycles. The number of rotatable bonds is 3. The molecular formula is C11H15NO2. The maximum atomic E-state index is 10.7. The summed E-state index contributed by atoms with van der Waals surface area (Å²) < 4.78 is 0. The zero-order valence-electron chi connectivity index (χ0n) is 8.45. The zero-order chi connectivity index (χ0) is 10.7. The number of carbonyl (C=O) groups is 1. The van der Waals surface area contributed by atoms with Gasteiger partial charge < -0.3 is 10.8 Å². The van der Waals surface area contributed by atoms with Crippen LogP contribution < -0.4 is 5.73 Å². The van der Waals surface area contributed by atoms with E-state index in [4.69, 9.17) is 10.8 Å². The molecule has 14 heavy (non-hydrogen) atoms. The fourth-order valence-corrected chi connectivity index (χ4v) is 1.44. The lowest BCUT2D eigenvalue weighted by atomic mass is 9.98. The van der Waals surface area contributed by atoms with Crippen LogP contribution >= 0.6 is 0 Å². The van der Waals surface area contributed by atoms with E-state index in [0.717, 1.165) is 17.5 Å². The highest BCUT2D eigenvalue weighted by molar-refractivity contribution is 5.87. The smallest absolute Gasteiger partial charge is 0.335 e. The van der Waals surface area contributed by atoms with Crippen LogP contribution in [0, 0.1) is 6.92 Å². The third-order valence-corrected chi connectivity index (χ3v) is 2.36. The first kappa shape index (κ1) is 10.7. The van der Waals surface area contributed by atoms with Crippen molar-refractivity contribution in [3.05, 3.63) is 34.9 Å². The molecular weight excluding hydrogens is 178 g/mol. The molecule has 1 aromatic rings. The van der Waals surface area contributed by atoms with Crippen molar-refractivity contribution in [2.75, 3.05) is 0 Å². The summed E-state index contributed by atoms with van der Waals surface area (Å²) in [6.45, 7) is 3.90. The molecule has 0 aliphatic rings. The Kier molecular flexibility index (Phi) is 3.25. The van der Waals surface area contributed by atoms with Crippen molar-refractivity contribution in [1.29, 1.82) is 0 Å². The molecule has 3 N–H and O–H groups in total. The third-order valence-electron chi connectivity index (χ3n) is 2.36. The molecule has 3 nitrogen and oxygen atoms in total. The van der Waals surface area contributed by atoms with E-state index < -0.39 is 5.97 Å². The summed E-state index contributed by atoms with van der Waals surface area (Å²) in [4.78, 5) is 10.7. The van der Waals surface area contributed by atoms with Crippen LogP contribution in [-0.2, 0) is 0 Å². The summed E-state index contributed by atoms with van der Waals surface area (Å²) in [6.07, 6.45) is 0.854. The SMILES string of the molecule is CC[C@H](N)c1ccc(C(=O)O)cc1C. The molecule has 0 radical (unpaired) electrons. The standard InChI is InChI=1S/C11H15NO2/c1-3-10(12)9-5-4-8(11(13)14)6-7(9)2/h4-6,10H,3,12H2,1-2H3,(H,13,14)/t10-/m0/s1. The minimum Gasteiger partial charge on any atom is -0.478 e. The van der Waals surface area contributed by atoms with Crippen LogP contribution in [0.2, 0.25) is 0 Å². The fraction of sp³-hybridized carbons (Fsp3) is 0.364. The summed E-state index contributed by atoms with van der Waals surface area (Å²) in [5, 5.41) is 8.76. The molecule has 0 fully saturated rings. The highest BCUT2D eigenvalue weighted by Crippen LogP contribution is 2.19. The molecule has 1 atom stereocenters. The summed E-state index contributed by atoms with van der Waals surface area (Å²) in [5.74, 6) is -0.898. The van der Waals surface area contributed by atoms with E-state index in [1.807, 2.05) is 13.8 Å². The molecule has 1 rings (SSSR count). The molecule has 0 saturated heterocycles. The lowest BCUT2D eigenvalue weighted by molar-refractivity contribution is 0.0696. The van der Waals surface area contributed by atoms with Gasteiger partial charge in [-0.3, -0.25) is 0 Å². The first-order valence-corrected chi connectivity index (χ1v) is 4.65. The van der Waals surface area contributed by atoms with E-state index in [2.05, 4.69) is 0 Å². The number of aromatic carboxylic acids is 1. The largest absolute Gasteiger partial charge is 0.478 e. The van der Waals surface area contributed by atoms with Crippen molar-refractivity contribution < 1.29 is 9.90 Å². The van der Waals surface area contributed by atoms with Gasteiger partial charge in [-0.2, -0.15) is 0 Å². The van der Waals surface area contributed by atoms with Crippen LogP contribution in [0.1, 0.15) is 40.9 Å². The molecule has 0 saturated carbocycles. The Hall–Kier alpha value is -1.35. The monoisotopic (exact) mass is 193 g/mol. The number of aryl methyl sites for hydroxylation is 1. The van der Waals surface area contributed by atoms with Crippen molar-refractivity contribution in [1.82, 2.24) is 0 Å². The molecule has 0 aliphatic carbocycles. The van der Waals surface area contributed by atoms with E-state index >= 15 is 0 Å². The molecule has 0 unspecified atom stereocenters.